The lowest BCUT2D eigenvalue weighted by molar-refractivity contribution is 0.0696. The van der Waals surface area contributed by atoms with Gasteiger partial charge in [-0.25, -0.2) is 4.79 Å². The molecule has 1 fully saturated rings. The molecule has 2 atom stereocenters. The number of aromatic carboxylic acids is 1. The molecule has 0 amide bonds. The molecule has 2 rings (SSSR count). The van der Waals surface area contributed by atoms with Gasteiger partial charge in [-0.2, -0.15) is 5.10 Å². The summed E-state index contributed by atoms with van der Waals surface area (Å²) in [6.07, 6.45) is 2.48. The van der Waals surface area contributed by atoms with E-state index in [0.717, 1.165) is 19.3 Å². The van der Waals surface area contributed by atoms with E-state index in [1.807, 2.05) is 0 Å². The maximum Gasteiger partial charge on any atom is 0.339 e. The Morgan fingerprint density at radius 1 is 1.37 bits per heavy atom. The molecule has 1 aromatic heterocycles. The number of carboxylic acids is 1. The second-order valence-electron chi connectivity index (χ2n) is 5.08. The lowest BCUT2D eigenvalue weighted by Gasteiger charge is -2.17. The van der Waals surface area contributed by atoms with Gasteiger partial charge in [0.2, 0.25) is 0 Å². The van der Waals surface area contributed by atoms with Crippen LogP contribution in [0.1, 0.15) is 40.9 Å². The first-order valence-corrected chi connectivity index (χ1v) is 6.49. The van der Waals surface area contributed by atoms with Crippen molar-refractivity contribution in [1.82, 2.24) is 10.2 Å². The van der Waals surface area contributed by atoms with Gasteiger partial charge in [0.15, 0.2) is 5.82 Å². The van der Waals surface area contributed by atoms with Crippen LogP contribution in [0.3, 0.4) is 0 Å². The molecular formula is C13H19N3O3. The van der Waals surface area contributed by atoms with Crippen LogP contribution in [-0.4, -0.2) is 39.0 Å². The molecule has 0 spiro atoms. The minimum absolute atomic E-state index is 0.157. The number of nitrogens with one attached hydrogen (secondary N) is 1. The molecule has 19 heavy (non-hydrogen) atoms. The van der Waals surface area contributed by atoms with Crippen molar-refractivity contribution in [3.8, 4) is 0 Å². The fourth-order valence-corrected chi connectivity index (χ4v) is 2.48. The molecule has 0 aromatic carbocycles. The predicted molar refractivity (Wildman–Crippen MR) is 70.3 cm³/mol. The number of aryl methyl sites for hydroxylation is 1. The van der Waals surface area contributed by atoms with Crippen molar-refractivity contribution < 1.29 is 15.0 Å². The zero-order chi connectivity index (χ0) is 14.0. The standard InChI is InChI=1S/C13H19N3O3/c1-7-8(2)15-16-12(11(7)13(18)19)14-6-9-4-3-5-10(9)17/h9-10,17H,3-6H2,1-2H3,(H,14,16)(H,18,19). The van der Waals surface area contributed by atoms with E-state index < -0.39 is 5.97 Å². The normalized spacial score (nSPS) is 22.5. The van der Waals surface area contributed by atoms with E-state index in [1.54, 1.807) is 13.8 Å². The summed E-state index contributed by atoms with van der Waals surface area (Å²) in [5, 5.41) is 29.9. The highest BCUT2D eigenvalue weighted by Crippen LogP contribution is 2.26. The summed E-state index contributed by atoms with van der Waals surface area (Å²) in [6, 6.07) is 0. The van der Waals surface area contributed by atoms with Crippen LogP contribution < -0.4 is 5.32 Å². The Bertz CT molecular complexity index is 490. The maximum atomic E-state index is 11.3. The Morgan fingerprint density at radius 3 is 2.68 bits per heavy atom. The first kappa shape index (κ1) is 13.7. The molecule has 6 nitrogen and oxygen atoms in total. The van der Waals surface area contributed by atoms with Crippen molar-refractivity contribution >= 4 is 11.8 Å². The van der Waals surface area contributed by atoms with E-state index in [9.17, 15) is 15.0 Å². The van der Waals surface area contributed by atoms with E-state index in [0.29, 0.717) is 17.8 Å². The van der Waals surface area contributed by atoms with E-state index in [4.69, 9.17) is 0 Å². The maximum absolute atomic E-state index is 11.3. The van der Waals surface area contributed by atoms with E-state index in [2.05, 4.69) is 15.5 Å². The summed E-state index contributed by atoms with van der Waals surface area (Å²) >= 11 is 0. The second kappa shape index (κ2) is 5.52. The SMILES string of the molecule is Cc1nnc(NCC2CCCC2O)c(C(=O)O)c1C. The second-order valence-corrected chi connectivity index (χ2v) is 5.08. The monoisotopic (exact) mass is 265 g/mol. The molecule has 0 bridgehead atoms. The Kier molecular flexibility index (Phi) is 3.99. The number of aliphatic hydroxyl groups excluding tert-OH is 1. The number of anilines is 1. The molecule has 1 heterocycles. The summed E-state index contributed by atoms with van der Waals surface area (Å²) < 4.78 is 0. The van der Waals surface area contributed by atoms with E-state index in [-0.39, 0.29) is 23.4 Å². The molecule has 0 aliphatic heterocycles. The first-order chi connectivity index (χ1) is 9.00. The van der Waals surface area contributed by atoms with E-state index >= 15 is 0 Å². The van der Waals surface area contributed by atoms with Gasteiger partial charge in [0.05, 0.1) is 11.8 Å². The molecule has 2 unspecified atom stereocenters. The number of nitrogens with zero attached hydrogens (tertiary/aromatic N) is 2. The highest BCUT2D eigenvalue weighted by atomic mass is 16.4. The molecule has 104 valence electrons. The Morgan fingerprint density at radius 2 is 2.11 bits per heavy atom. The third-order valence-corrected chi connectivity index (χ3v) is 3.82. The third kappa shape index (κ3) is 2.84. The summed E-state index contributed by atoms with van der Waals surface area (Å²) in [5.74, 6) is -0.565. The minimum atomic E-state index is -1.01. The van der Waals surface area contributed by atoms with Gasteiger partial charge in [-0.1, -0.05) is 6.42 Å². The van der Waals surface area contributed by atoms with Crippen LogP contribution in [0.5, 0.6) is 0 Å². The van der Waals surface area contributed by atoms with Crippen molar-refractivity contribution in [2.45, 2.75) is 39.2 Å². The average Bonchev–Trinajstić information content (AvgIpc) is 2.76. The summed E-state index contributed by atoms with van der Waals surface area (Å²) in [7, 11) is 0. The third-order valence-electron chi connectivity index (χ3n) is 3.82. The van der Waals surface area contributed by atoms with Crippen LogP contribution >= 0.6 is 0 Å². The quantitative estimate of drug-likeness (QED) is 0.761. The Balaban J connectivity index is 2.16. The van der Waals surface area contributed by atoms with Crippen molar-refractivity contribution in [3.05, 3.63) is 16.8 Å². The van der Waals surface area contributed by atoms with Crippen molar-refractivity contribution in [3.63, 3.8) is 0 Å². The van der Waals surface area contributed by atoms with Crippen molar-refractivity contribution in [2.75, 3.05) is 11.9 Å². The number of hydrogen-bond acceptors (Lipinski definition) is 5. The molecule has 1 aliphatic rings. The van der Waals surface area contributed by atoms with Crippen LogP contribution in [0, 0.1) is 19.8 Å². The van der Waals surface area contributed by atoms with Gasteiger partial charge < -0.3 is 15.5 Å². The topological polar surface area (TPSA) is 95.3 Å². The van der Waals surface area contributed by atoms with Crippen LogP contribution in [0.25, 0.3) is 0 Å². The summed E-state index contributed by atoms with van der Waals surface area (Å²) in [5.41, 5.74) is 1.40. The molecule has 6 heteroatoms. The van der Waals surface area contributed by atoms with Gasteiger partial charge in [-0.3, -0.25) is 0 Å². The predicted octanol–water partition coefficient (Wildman–Crippen LogP) is 1.36. The zero-order valence-corrected chi connectivity index (χ0v) is 11.2. The highest BCUT2D eigenvalue weighted by Gasteiger charge is 2.26. The fraction of sp³-hybridized carbons (Fsp3) is 0.615. The van der Waals surface area contributed by atoms with Crippen molar-refractivity contribution in [1.29, 1.82) is 0 Å². The summed E-state index contributed by atoms with van der Waals surface area (Å²) in [6.45, 7) is 3.99. The van der Waals surface area contributed by atoms with Crippen LogP contribution in [0.4, 0.5) is 5.82 Å². The van der Waals surface area contributed by atoms with Gasteiger partial charge in [0.25, 0.3) is 0 Å². The largest absolute Gasteiger partial charge is 0.478 e. The van der Waals surface area contributed by atoms with Gasteiger partial charge in [0.1, 0.15) is 5.56 Å². The van der Waals surface area contributed by atoms with Crippen LogP contribution in [-0.2, 0) is 0 Å². The zero-order valence-electron chi connectivity index (χ0n) is 11.2. The molecule has 0 radical (unpaired) electrons. The van der Waals surface area contributed by atoms with Gasteiger partial charge in [-0.05, 0) is 32.3 Å². The Labute approximate surface area is 111 Å². The molecule has 1 aliphatic carbocycles. The molecule has 1 aromatic rings. The van der Waals surface area contributed by atoms with Gasteiger partial charge in [0, 0.05) is 12.5 Å². The van der Waals surface area contributed by atoms with E-state index in [1.165, 1.54) is 0 Å². The highest BCUT2D eigenvalue weighted by molar-refractivity contribution is 5.94. The molecule has 3 N–H and O–H groups in total. The molecule has 1 saturated carbocycles. The number of rotatable bonds is 4. The molecule has 0 saturated heterocycles. The van der Waals surface area contributed by atoms with Crippen molar-refractivity contribution in [2.24, 2.45) is 5.92 Å². The number of aliphatic hydroxyl groups is 1. The summed E-state index contributed by atoms with van der Waals surface area (Å²) in [4.78, 5) is 11.3. The fourth-order valence-electron chi connectivity index (χ4n) is 2.48. The number of carboxylic acid groups (broad SMARTS) is 1. The average molecular weight is 265 g/mol. The number of carbonyl (C=O) groups is 1. The van der Waals surface area contributed by atoms with Crippen LogP contribution in [0.15, 0.2) is 0 Å². The molecular weight excluding hydrogens is 246 g/mol. The lowest BCUT2D eigenvalue weighted by atomic mass is 10.1. The number of hydrogen-bond donors (Lipinski definition) is 3. The smallest absolute Gasteiger partial charge is 0.339 e. The van der Waals surface area contributed by atoms with Crippen LogP contribution in [0.2, 0.25) is 0 Å². The van der Waals surface area contributed by atoms with Gasteiger partial charge in [-0.15, -0.1) is 5.10 Å². The first-order valence-electron chi connectivity index (χ1n) is 6.49. The number of aromatic nitrogens is 2. The Hall–Kier alpha value is -1.69. The lowest BCUT2D eigenvalue weighted by Crippen LogP contribution is -2.24. The van der Waals surface area contributed by atoms with Gasteiger partial charge >= 0.3 is 5.97 Å². The minimum Gasteiger partial charge on any atom is -0.478 e.